The van der Waals surface area contributed by atoms with E-state index in [9.17, 15) is 9.18 Å². The van der Waals surface area contributed by atoms with Crippen LogP contribution in [0.5, 0.6) is 0 Å². The third kappa shape index (κ3) is 4.15. The number of carbonyl (C=O) groups is 1. The zero-order chi connectivity index (χ0) is 22.1. The standard InChI is InChI=1S/C25H26FN5O/c1-17-11-19(16-31(17)25(32)8-5-18-3-2-4-21(26)12-18)15-30-10-9-23-24(30)7-6-22(29-23)20-13-27-28-14-20/h2-4,6-7,9-10,12-14,17,19H,5,8,11,15-16H2,1H3,(H,27,28)/t17-,19?/m0/s1. The van der Waals surface area contributed by atoms with E-state index < -0.39 is 0 Å². The molecule has 0 radical (unpaired) electrons. The van der Waals surface area contributed by atoms with Gasteiger partial charge in [-0.3, -0.25) is 9.89 Å². The lowest BCUT2D eigenvalue weighted by Gasteiger charge is -2.21. The summed E-state index contributed by atoms with van der Waals surface area (Å²) < 4.78 is 15.6. The Kier molecular flexibility index (Phi) is 5.47. The minimum absolute atomic E-state index is 0.146. The van der Waals surface area contributed by atoms with Crippen molar-refractivity contribution in [1.29, 1.82) is 0 Å². The van der Waals surface area contributed by atoms with E-state index in [2.05, 4.69) is 34.0 Å². The van der Waals surface area contributed by atoms with Gasteiger partial charge in [-0.1, -0.05) is 12.1 Å². The smallest absolute Gasteiger partial charge is 0.223 e. The summed E-state index contributed by atoms with van der Waals surface area (Å²) >= 11 is 0. The summed E-state index contributed by atoms with van der Waals surface area (Å²) in [6, 6.07) is 12.9. The van der Waals surface area contributed by atoms with Crippen molar-refractivity contribution in [3.05, 3.63) is 72.4 Å². The van der Waals surface area contributed by atoms with E-state index >= 15 is 0 Å². The third-order valence-electron chi connectivity index (χ3n) is 6.37. The van der Waals surface area contributed by atoms with Gasteiger partial charge in [0.25, 0.3) is 0 Å². The van der Waals surface area contributed by atoms with E-state index in [1.54, 1.807) is 12.3 Å². The van der Waals surface area contributed by atoms with Crippen LogP contribution in [0.1, 0.15) is 25.3 Å². The molecule has 0 saturated carbocycles. The highest BCUT2D eigenvalue weighted by atomic mass is 19.1. The summed E-state index contributed by atoms with van der Waals surface area (Å²) in [5.41, 5.74) is 4.78. The second-order valence-electron chi connectivity index (χ2n) is 8.68. The van der Waals surface area contributed by atoms with Gasteiger partial charge in [-0.2, -0.15) is 5.10 Å². The lowest BCUT2D eigenvalue weighted by Crippen LogP contribution is -2.34. The quantitative estimate of drug-likeness (QED) is 0.491. The molecule has 1 N–H and O–H groups in total. The number of likely N-dealkylation sites (tertiary alicyclic amines) is 1. The average Bonchev–Trinajstić information content (AvgIpc) is 3.53. The van der Waals surface area contributed by atoms with E-state index in [0.717, 1.165) is 47.4 Å². The number of aromatic nitrogens is 4. The number of fused-ring (bicyclic) bond motifs is 1. The number of nitrogens with zero attached hydrogens (tertiary/aromatic N) is 4. The van der Waals surface area contributed by atoms with E-state index in [-0.39, 0.29) is 17.8 Å². The maximum atomic E-state index is 13.4. The Morgan fingerprint density at radius 3 is 2.97 bits per heavy atom. The predicted molar refractivity (Wildman–Crippen MR) is 121 cm³/mol. The number of pyridine rings is 1. The van der Waals surface area contributed by atoms with Crippen LogP contribution in [-0.2, 0) is 17.8 Å². The van der Waals surface area contributed by atoms with Gasteiger partial charge in [0.1, 0.15) is 5.82 Å². The van der Waals surface area contributed by atoms with Crippen LogP contribution in [0.2, 0.25) is 0 Å². The Bertz CT molecular complexity index is 1230. The van der Waals surface area contributed by atoms with Crippen molar-refractivity contribution in [3.8, 4) is 11.3 Å². The maximum absolute atomic E-state index is 13.4. The van der Waals surface area contributed by atoms with Gasteiger partial charge in [0.15, 0.2) is 0 Å². The van der Waals surface area contributed by atoms with Crippen LogP contribution in [0.25, 0.3) is 22.3 Å². The maximum Gasteiger partial charge on any atom is 0.223 e. The van der Waals surface area contributed by atoms with Crippen LogP contribution in [0, 0.1) is 11.7 Å². The number of rotatable bonds is 6. The molecule has 3 aromatic heterocycles. The highest BCUT2D eigenvalue weighted by Crippen LogP contribution is 2.28. The Morgan fingerprint density at radius 2 is 2.16 bits per heavy atom. The molecule has 5 rings (SSSR count). The van der Waals surface area contributed by atoms with Crippen LogP contribution in [0.15, 0.2) is 61.1 Å². The lowest BCUT2D eigenvalue weighted by molar-refractivity contribution is -0.131. The van der Waals surface area contributed by atoms with Gasteiger partial charge in [-0.15, -0.1) is 0 Å². The number of H-pyrrole nitrogens is 1. The van der Waals surface area contributed by atoms with E-state index in [1.165, 1.54) is 12.1 Å². The van der Waals surface area contributed by atoms with Crippen LogP contribution >= 0.6 is 0 Å². The molecule has 32 heavy (non-hydrogen) atoms. The first-order valence-corrected chi connectivity index (χ1v) is 11.1. The first-order valence-electron chi connectivity index (χ1n) is 11.1. The molecule has 1 saturated heterocycles. The van der Waals surface area contributed by atoms with Crippen LogP contribution < -0.4 is 0 Å². The topological polar surface area (TPSA) is 66.8 Å². The monoisotopic (exact) mass is 431 g/mol. The average molecular weight is 432 g/mol. The summed E-state index contributed by atoms with van der Waals surface area (Å²) in [6.45, 7) is 3.73. The summed E-state index contributed by atoms with van der Waals surface area (Å²) in [4.78, 5) is 19.6. The molecule has 1 aliphatic heterocycles. The fourth-order valence-electron chi connectivity index (χ4n) is 4.77. The molecule has 4 heterocycles. The number of amides is 1. The number of hydrogen-bond acceptors (Lipinski definition) is 3. The second kappa shape index (κ2) is 8.57. The summed E-state index contributed by atoms with van der Waals surface area (Å²) in [6.07, 6.45) is 7.64. The van der Waals surface area contributed by atoms with Crippen molar-refractivity contribution < 1.29 is 9.18 Å². The molecule has 6 nitrogen and oxygen atoms in total. The molecule has 1 aliphatic rings. The largest absolute Gasteiger partial charge is 0.346 e. The number of benzene rings is 1. The minimum atomic E-state index is -0.255. The van der Waals surface area contributed by atoms with E-state index in [0.29, 0.717) is 18.8 Å². The highest BCUT2D eigenvalue weighted by molar-refractivity contribution is 5.79. The fraction of sp³-hybridized carbons (Fsp3) is 0.320. The van der Waals surface area contributed by atoms with Gasteiger partial charge in [-0.25, -0.2) is 9.37 Å². The fourth-order valence-corrected chi connectivity index (χ4v) is 4.77. The first kappa shape index (κ1) is 20.4. The number of nitrogens with one attached hydrogen (secondary N) is 1. The van der Waals surface area contributed by atoms with E-state index in [1.807, 2.05) is 29.3 Å². The minimum Gasteiger partial charge on any atom is -0.346 e. The Labute approximate surface area is 186 Å². The van der Waals surface area contributed by atoms with Crippen molar-refractivity contribution in [1.82, 2.24) is 24.6 Å². The van der Waals surface area contributed by atoms with Gasteiger partial charge in [0.05, 0.1) is 22.9 Å². The molecule has 7 heteroatoms. The summed E-state index contributed by atoms with van der Waals surface area (Å²) in [7, 11) is 0. The Balaban J connectivity index is 1.23. The SMILES string of the molecule is C[C@H]1CC(Cn2ccc3nc(-c4cn[nH]c4)ccc32)CN1C(=O)CCc1cccc(F)c1. The van der Waals surface area contributed by atoms with Crippen molar-refractivity contribution in [2.75, 3.05) is 6.54 Å². The molecule has 2 atom stereocenters. The first-order chi connectivity index (χ1) is 15.6. The summed E-state index contributed by atoms with van der Waals surface area (Å²) in [5.74, 6) is 0.287. The third-order valence-corrected chi connectivity index (χ3v) is 6.37. The van der Waals surface area contributed by atoms with Gasteiger partial charge in [0, 0.05) is 43.5 Å². The molecule has 0 bridgehead atoms. The number of aryl methyl sites for hydroxylation is 1. The molecule has 0 spiro atoms. The number of aromatic amines is 1. The molecule has 164 valence electrons. The van der Waals surface area contributed by atoms with Crippen LogP contribution in [0.3, 0.4) is 0 Å². The molecule has 1 fully saturated rings. The van der Waals surface area contributed by atoms with Gasteiger partial charge >= 0.3 is 0 Å². The lowest BCUT2D eigenvalue weighted by atomic mass is 10.1. The molecule has 1 aromatic carbocycles. The number of hydrogen-bond donors (Lipinski definition) is 1. The van der Waals surface area contributed by atoms with Crippen LogP contribution in [-0.4, -0.2) is 43.1 Å². The molecule has 1 amide bonds. The van der Waals surface area contributed by atoms with Gasteiger partial charge < -0.3 is 9.47 Å². The second-order valence-corrected chi connectivity index (χ2v) is 8.68. The highest BCUT2D eigenvalue weighted by Gasteiger charge is 2.32. The molecular formula is C25H26FN5O. The molecule has 4 aromatic rings. The predicted octanol–water partition coefficient (Wildman–Crippen LogP) is 4.44. The zero-order valence-corrected chi connectivity index (χ0v) is 18.0. The Hall–Kier alpha value is -3.48. The molecule has 1 unspecified atom stereocenters. The van der Waals surface area contributed by atoms with Crippen molar-refractivity contribution in [2.45, 2.75) is 38.8 Å². The van der Waals surface area contributed by atoms with Crippen molar-refractivity contribution in [3.63, 3.8) is 0 Å². The van der Waals surface area contributed by atoms with E-state index in [4.69, 9.17) is 4.98 Å². The van der Waals surface area contributed by atoms with Crippen molar-refractivity contribution >= 4 is 16.9 Å². The zero-order valence-electron chi connectivity index (χ0n) is 18.0. The van der Waals surface area contributed by atoms with Gasteiger partial charge in [0.2, 0.25) is 5.91 Å². The molecule has 0 aliphatic carbocycles. The summed E-state index contributed by atoms with van der Waals surface area (Å²) in [5, 5.41) is 6.82. The number of halogens is 1. The van der Waals surface area contributed by atoms with Crippen LogP contribution in [0.4, 0.5) is 4.39 Å². The van der Waals surface area contributed by atoms with Gasteiger partial charge in [-0.05, 0) is 61.6 Å². The Morgan fingerprint density at radius 1 is 1.25 bits per heavy atom. The molecular weight excluding hydrogens is 405 g/mol. The number of carbonyl (C=O) groups excluding carboxylic acids is 1. The van der Waals surface area contributed by atoms with Crippen molar-refractivity contribution in [2.24, 2.45) is 5.92 Å². The normalized spacial score (nSPS) is 18.5.